The maximum absolute atomic E-state index is 13.6. The minimum absolute atomic E-state index is 0.103. The summed E-state index contributed by atoms with van der Waals surface area (Å²) in [4.78, 5) is 45.2. The maximum Gasteiger partial charge on any atom is 0.272 e. The van der Waals surface area contributed by atoms with Crippen LogP contribution < -0.4 is 16.0 Å². The van der Waals surface area contributed by atoms with Gasteiger partial charge in [0, 0.05) is 27.1 Å². The predicted octanol–water partition coefficient (Wildman–Crippen LogP) is 8.89. The van der Waals surface area contributed by atoms with Crippen LogP contribution in [0.4, 0.5) is 15.2 Å². The Labute approximate surface area is 288 Å². The fraction of sp³-hybridized carbons (Fsp3) is 0.0270. The van der Waals surface area contributed by atoms with Crippen molar-refractivity contribution in [2.75, 3.05) is 10.6 Å². The number of rotatable bonds is 11. The Hall–Kier alpha value is -5.36. The van der Waals surface area contributed by atoms with Gasteiger partial charge in [-0.05, 0) is 94.7 Å². The van der Waals surface area contributed by atoms with Gasteiger partial charge in [-0.2, -0.15) is 11.3 Å². The molecule has 11 heteroatoms. The van der Waals surface area contributed by atoms with Crippen LogP contribution >= 0.6 is 34.4 Å². The van der Waals surface area contributed by atoms with E-state index in [1.54, 1.807) is 54.6 Å². The fourth-order valence-electron chi connectivity index (χ4n) is 4.57. The van der Waals surface area contributed by atoms with Crippen molar-refractivity contribution in [1.29, 1.82) is 0 Å². The average molecular weight is 691 g/mol. The number of halogens is 1. The van der Waals surface area contributed by atoms with Gasteiger partial charge in [0.1, 0.15) is 16.8 Å². The summed E-state index contributed by atoms with van der Waals surface area (Å²) in [7, 11) is 0. The minimum atomic E-state index is -0.599. The number of benzene rings is 4. The maximum atomic E-state index is 13.6. The van der Waals surface area contributed by atoms with Crippen molar-refractivity contribution in [3.63, 3.8) is 0 Å². The van der Waals surface area contributed by atoms with Crippen LogP contribution in [0.1, 0.15) is 26.7 Å². The van der Waals surface area contributed by atoms with E-state index in [1.165, 1.54) is 46.6 Å². The Morgan fingerprint density at radius 1 is 0.792 bits per heavy atom. The van der Waals surface area contributed by atoms with E-state index in [-0.39, 0.29) is 17.4 Å². The Morgan fingerprint density at radius 2 is 1.50 bits per heavy atom. The molecular weight excluding hydrogens is 664 g/mol. The van der Waals surface area contributed by atoms with Crippen LogP contribution in [0.15, 0.2) is 142 Å². The van der Waals surface area contributed by atoms with Gasteiger partial charge < -0.3 is 16.0 Å². The number of hydrogen-bond acceptors (Lipinski definition) is 7. The number of amides is 3. The lowest BCUT2D eigenvalue weighted by atomic mass is 10.1. The summed E-state index contributed by atoms with van der Waals surface area (Å²) in [6.07, 6.45) is 1.63. The van der Waals surface area contributed by atoms with Crippen molar-refractivity contribution in [2.24, 2.45) is 0 Å². The molecule has 0 radical (unpaired) electrons. The van der Waals surface area contributed by atoms with Gasteiger partial charge in [-0.3, -0.25) is 14.4 Å². The molecule has 3 N–H and O–H groups in total. The van der Waals surface area contributed by atoms with Crippen molar-refractivity contribution in [1.82, 2.24) is 10.3 Å². The van der Waals surface area contributed by atoms with E-state index in [9.17, 15) is 18.8 Å². The average Bonchev–Trinajstić information content (AvgIpc) is 3.81. The molecule has 0 aliphatic carbocycles. The highest BCUT2D eigenvalue weighted by Gasteiger charge is 2.23. The van der Waals surface area contributed by atoms with Crippen LogP contribution in [0.3, 0.4) is 0 Å². The SMILES string of the molecule is O=C(Nc1ccc(SC(C(=O)Nc2nc(-c3ccc(F)cc3)cs2)c2ccccc2)cc1)/C(=C/c1ccsc1)NC(=O)c1ccccc1. The summed E-state index contributed by atoms with van der Waals surface area (Å²) < 4.78 is 13.4. The molecule has 2 heterocycles. The summed E-state index contributed by atoms with van der Waals surface area (Å²) in [6.45, 7) is 0. The van der Waals surface area contributed by atoms with Crippen molar-refractivity contribution in [2.45, 2.75) is 10.1 Å². The third-order valence-corrected chi connectivity index (χ3v) is 9.69. The second-order valence-electron chi connectivity index (χ2n) is 10.4. The number of aromatic nitrogens is 1. The number of nitrogens with one attached hydrogen (secondary N) is 3. The molecule has 48 heavy (non-hydrogen) atoms. The Morgan fingerprint density at radius 3 is 2.19 bits per heavy atom. The molecular formula is C37H27FN4O3S3. The van der Waals surface area contributed by atoms with Gasteiger partial charge in [0.25, 0.3) is 11.8 Å². The molecule has 6 aromatic rings. The normalized spacial score (nSPS) is 11.8. The lowest BCUT2D eigenvalue weighted by Crippen LogP contribution is -2.30. The van der Waals surface area contributed by atoms with Crippen molar-refractivity contribution in [3.05, 3.63) is 160 Å². The van der Waals surface area contributed by atoms with Gasteiger partial charge >= 0.3 is 0 Å². The number of thiophene rings is 1. The Bertz CT molecular complexity index is 2030. The minimum Gasteiger partial charge on any atom is -0.321 e. The van der Waals surface area contributed by atoms with E-state index in [4.69, 9.17) is 0 Å². The summed E-state index contributed by atoms with van der Waals surface area (Å²) in [5, 5.41) is 14.0. The van der Waals surface area contributed by atoms with E-state index in [0.29, 0.717) is 22.1 Å². The van der Waals surface area contributed by atoms with Gasteiger partial charge in [-0.25, -0.2) is 9.37 Å². The highest BCUT2D eigenvalue weighted by molar-refractivity contribution is 8.00. The first-order valence-corrected chi connectivity index (χ1v) is 17.4. The van der Waals surface area contributed by atoms with E-state index < -0.39 is 17.1 Å². The first kappa shape index (κ1) is 32.6. The largest absolute Gasteiger partial charge is 0.321 e. The van der Waals surface area contributed by atoms with Gasteiger partial charge in [0.05, 0.1) is 5.69 Å². The van der Waals surface area contributed by atoms with Gasteiger partial charge in [0.2, 0.25) is 5.91 Å². The molecule has 7 nitrogen and oxygen atoms in total. The van der Waals surface area contributed by atoms with Crippen molar-refractivity contribution >= 4 is 69.1 Å². The molecule has 0 saturated heterocycles. The van der Waals surface area contributed by atoms with E-state index >= 15 is 0 Å². The monoisotopic (exact) mass is 690 g/mol. The first-order chi connectivity index (χ1) is 23.4. The zero-order chi connectivity index (χ0) is 33.3. The molecule has 0 bridgehead atoms. The van der Waals surface area contributed by atoms with Crippen molar-refractivity contribution in [3.8, 4) is 11.3 Å². The molecule has 1 unspecified atom stereocenters. The number of hydrogen-bond donors (Lipinski definition) is 3. The Kier molecular flexibility index (Phi) is 10.5. The highest BCUT2D eigenvalue weighted by atomic mass is 32.2. The topological polar surface area (TPSA) is 100 Å². The predicted molar refractivity (Wildman–Crippen MR) is 192 cm³/mol. The van der Waals surface area contributed by atoms with Gasteiger partial charge in [0.15, 0.2) is 5.13 Å². The summed E-state index contributed by atoms with van der Waals surface area (Å²) in [5.74, 6) is -1.45. The number of nitrogens with zero attached hydrogens (tertiary/aromatic N) is 1. The lowest BCUT2D eigenvalue weighted by molar-refractivity contribution is -0.116. The van der Waals surface area contributed by atoms with Crippen LogP contribution in [0.25, 0.3) is 17.3 Å². The molecule has 238 valence electrons. The third-order valence-electron chi connectivity index (χ3n) is 6.96. The number of thiazole rings is 1. The number of carbonyl (C=O) groups excluding carboxylic acids is 3. The number of thioether (sulfide) groups is 1. The number of carbonyl (C=O) groups is 3. The number of anilines is 2. The molecule has 1 atom stereocenters. The standard InChI is InChI=1S/C37H27FN4O3S3/c38-28-13-11-25(12-14-28)32-23-47-37(41-32)42-36(45)33(26-7-3-1-4-8-26)48-30-17-15-29(16-18-30)39-35(44)31(21-24-19-20-46-22-24)40-34(43)27-9-5-2-6-10-27/h1-23,33H,(H,39,44)(H,40,43)(H,41,42,45)/b31-21-. The quantitative estimate of drug-likeness (QED) is 0.0932. The zero-order valence-corrected chi connectivity index (χ0v) is 27.6. The molecule has 2 aromatic heterocycles. The molecule has 0 fully saturated rings. The molecule has 6 rings (SSSR count). The summed E-state index contributed by atoms with van der Waals surface area (Å²) >= 11 is 4.14. The van der Waals surface area contributed by atoms with E-state index in [2.05, 4.69) is 20.9 Å². The van der Waals surface area contributed by atoms with E-state index in [0.717, 1.165) is 21.6 Å². The zero-order valence-electron chi connectivity index (χ0n) is 25.1. The second kappa shape index (κ2) is 15.5. The summed E-state index contributed by atoms with van der Waals surface area (Å²) in [6, 6.07) is 33.1. The van der Waals surface area contributed by atoms with Crippen LogP contribution in [0, 0.1) is 5.82 Å². The van der Waals surface area contributed by atoms with Crippen LogP contribution in [-0.2, 0) is 9.59 Å². The fourth-order valence-corrected chi connectivity index (χ4v) is 6.94. The van der Waals surface area contributed by atoms with Crippen LogP contribution in [-0.4, -0.2) is 22.7 Å². The highest BCUT2D eigenvalue weighted by Crippen LogP contribution is 2.37. The van der Waals surface area contributed by atoms with Crippen molar-refractivity contribution < 1.29 is 18.8 Å². The third kappa shape index (κ3) is 8.51. The van der Waals surface area contributed by atoms with Gasteiger partial charge in [-0.1, -0.05) is 48.5 Å². The second-order valence-corrected chi connectivity index (χ2v) is 13.2. The smallest absolute Gasteiger partial charge is 0.272 e. The van der Waals surface area contributed by atoms with Crippen LogP contribution in [0.5, 0.6) is 0 Å². The van der Waals surface area contributed by atoms with Crippen LogP contribution in [0.2, 0.25) is 0 Å². The van der Waals surface area contributed by atoms with E-state index in [1.807, 2.05) is 70.7 Å². The molecule has 4 aromatic carbocycles. The molecule has 0 aliphatic rings. The summed E-state index contributed by atoms with van der Waals surface area (Å²) in [5.41, 5.74) is 4.05. The lowest BCUT2D eigenvalue weighted by Gasteiger charge is -2.17. The molecule has 3 amide bonds. The molecule has 0 aliphatic heterocycles. The van der Waals surface area contributed by atoms with Gasteiger partial charge in [-0.15, -0.1) is 23.1 Å². The Balaban J connectivity index is 1.15. The molecule has 0 spiro atoms. The first-order valence-electron chi connectivity index (χ1n) is 14.7. The molecule has 0 saturated carbocycles.